The maximum absolute atomic E-state index is 11.8. The Bertz CT molecular complexity index is 967. The van der Waals surface area contributed by atoms with Crippen molar-refractivity contribution in [3.8, 4) is 0 Å². The summed E-state index contributed by atoms with van der Waals surface area (Å²) in [6.45, 7) is 4.79. The third kappa shape index (κ3) is 10.9. The molecule has 0 aliphatic rings. The summed E-state index contributed by atoms with van der Waals surface area (Å²) in [5.74, 6) is -3.38. The van der Waals surface area contributed by atoms with Crippen molar-refractivity contribution in [3.05, 3.63) is 70.8 Å². The van der Waals surface area contributed by atoms with Crippen LogP contribution in [0.25, 0.3) is 0 Å². The molecule has 8 nitrogen and oxygen atoms in total. The SMILES string of the molecule is CCCCCCCOC(=O)c1ccccc1C(=O)O.CCCCOC(=O)c1ccccc1C(=O)O. The topological polar surface area (TPSA) is 127 Å². The highest BCUT2D eigenvalue weighted by atomic mass is 16.5. The van der Waals surface area contributed by atoms with E-state index in [9.17, 15) is 19.2 Å². The van der Waals surface area contributed by atoms with Gasteiger partial charge in [0.05, 0.1) is 35.5 Å². The fourth-order valence-electron chi connectivity index (χ4n) is 3.03. The van der Waals surface area contributed by atoms with Gasteiger partial charge in [0, 0.05) is 0 Å². The minimum atomic E-state index is -1.12. The molecule has 2 N–H and O–H groups in total. The first kappa shape index (κ1) is 29.4. The Morgan fingerprint density at radius 2 is 0.943 bits per heavy atom. The molecule has 0 bridgehead atoms. The summed E-state index contributed by atoms with van der Waals surface area (Å²) >= 11 is 0. The van der Waals surface area contributed by atoms with E-state index in [1.54, 1.807) is 24.3 Å². The van der Waals surface area contributed by atoms with Gasteiger partial charge in [0.15, 0.2) is 0 Å². The zero-order chi connectivity index (χ0) is 26.1. The molecule has 0 radical (unpaired) electrons. The van der Waals surface area contributed by atoms with E-state index < -0.39 is 23.9 Å². The van der Waals surface area contributed by atoms with E-state index in [-0.39, 0.29) is 22.3 Å². The maximum Gasteiger partial charge on any atom is 0.339 e. The van der Waals surface area contributed by atoms with E-state index in [1.807, 2.05) is 6.92 Å². The Labute approximate surface area is 205 Å². The predicted molar refractivity (Wildman–Crippen MR) is 131 cm³/mol. The molecule has 2 aromatic carbocycles. The number of esters is 2. The van der Waals surface area contributed by atoms with Crippen LogP contribution in [0.5, 0.6) is 0 Å². The van der Waals surface area contributed by atoms with Crippen molar-refractivity contribution < 1.29 is 38.9 Å². The molecule has 0 aliphatic heterocycles. The number of rotatable bonds is 13. The highest BCUT2D eigenvalue weighted by Crippen LogP contribution is 2.12. The molecule has 35 heavy (non-hydrogen) atoms. The van der Waals surface area contributed by atoms with Crippen LogP contribution in [0.2, 0.25) is 0 Å². The average Bonchev–Trinajstić information content (AvgIpc) is 2.86. The van der Waals surface area contributed by atoms with Gasteiger partial charge in [-0.05, 0) is 37.1 Å². The van der Waals surface area contributed by atoms with Gasteiger partial charge in [-0.1, -0.05) is 70.2 Å². The summed E-state index contributed by atoms with van der Waals surface area (Å²) in [5, 5.41) is 17.9. The number of aromatic carboxylic acids is 2. The Morgan fingerprint density at radius 3 is 1.34 bits per heavy atom. The molecule has 2 aromatic rings. The van der Waals surface area contributed by atoms with Gasteiger partial charge in [-0.15, -0.1) is 0 Å². The monoisotopic (exact) mass is 486 g/mol. The van der Waals surface area contributed by atoms with Crippen LogP contribution in [0.3, 0.4) is 0 Å². The molecule has 0 amide bonds. The first-order chi connectivity index (χ1) is 16.8. The Hall–Kier alpha value is -3.68. The van der Waals surface area contributed by atoms with Crippen molar-refractivity contribution in [1.82, 2.24) is 0 Å². The van der Waals surface area contributed by atoms with Crippen molar-refractivity contribution in [2.24, 2.45) is 0 Å². The molecule has 190 valence electrons. The summed E-state index contributed by atoms with van der Waals surface area (Å²) in [6.07, 6.45) is 7.05. The van der Waals surface area contributed by atoms with Crippen LogP contribution in [-0.4, -0.2) is 47.3 Å². The number of benzene rings is 2. The summed E-state index contributed by atoms with van der Waals surface area (Å²) in [7, 11) is 0. The van der Waals surface area contributed by atoms with Crippen LogP contribution in [0.4, 0.5) is 0 Å². The molecule has 0 unspecified atom stereocenters. The number of carbonyl (C=O) groups excluding carboxylic acids is 2. The first-order valence-corrected chi connectivity index (χ1v) is 11.8. The molecular formula is C27H34O8. The van der Waals surface area contributed by atoms with Crippen LogP contribution in [0.15, 0.2) is 48.5 Å². The molecule has 0 saturated carbocycles. The van der Waals surface area contributed by atoms with Crippen molar-refractivity contribution in [2.45, 2.75) is 58.8 Å². The molecule has 0 fully saturated rings. The van der Waals surface area contributed by atoms with Crippen molar-refractivity contribution in [2.75, 3.05) is 13.2 Å². The van der Waals surface area contributed by atoms with E-state index in [2.05, 4.69) is 6.92 Å². The van der Waals surface area contributed by atoms with Gasteiger partial charge in [0.1, 0.15) is 0 Å². The molecule has 0 saturated heterocycles. The lowest BCUT2D eigenvalue weighted by Crippen LogP contribution is -2.12. The van der Waals surface area contributed by atoms with Gasteiger partial charge < -0.3 is 19.7 Å². The van der Waals surface area contributed by atoms with Crippen molar-refractivity contribution in [1.29, 1.82) is 0 Å². The number of carboxylic acid groups (broad SMARTS) is 2. The quantitative estimate of drug-likeness (QED) is 0.266. The summed E-state index contributed by atoms with van der Waals surface area (Å²) in [6, 6.07) is 12.1. The smallest absolute Gasteiger partial charge is 0.339 e. The number of carboxylic acids is 2. The van der Waals surface area contributed by atoms with Crippen LogP contribution < -0.4 is 0 Å². The highest BCUT2D eigenvalue weighted by molar-refractivity contribution is 6.03. The maximum atomic E-state index is 11.8. The fourth-order valence-corrected chi connectivity index (χ4v) is 3.03. The molecule has 0 aliphatic carbocycles. The Balaban J connectivity index is 0.000000355. The first-order valence-electron chi connectivity index (χ1n) is 11.8. The number of hydrogen-bond acceptors (Lipinski definition) is 6. The van der Waals surface area contributed by atoms with Crippen molar-refractivity contribution in [3.63, 3.8) is 0 Å². The molecule has 0 aromatic heterocycles. The summed E-state index contributed by atoms with van der Waals surface area (Å²) in [5.41, 5.74) is 0.178. The van der Waals surface area contributed by atoms with Gasteiger partial charge in [-0.2, -0.15) is 0 Å². The lowest BCUT2D eigenvalue weighted by atomic mass is 10.1. The van der Waals surface area contributed by atoms with E-state index in [0.717, 1.165) is 32.1 Å². The fraction of sp³-hybridized carbons (Fsp3) is 0.407. The second kappa shape index (κ2) is 16.9. The predicted octanol–water partition coefficient (Wildman–Crippen LogP) is 5.85. The van der Waals surface area contributed by atoms with Crippen LogP contribution in [0.1, 0.15) is 100 Å². The number of hydrogen-bond donors (Lipinski definition) is 2. The Morgan fingerprint density at radius 1 is 0.571 bits per heavy atom. The van der Waals surface area contributed by atoms with Crippen molar-refractivity contribution >= 4 is 23.9 Å². The summed E-state index contributed by atoms with van der Waals surface area (Å²) in [4.78, 5) is 45.1. The van der Waals surface area contributed by atoms with Gasteiger partial charge in [-0.25, -0.2) is 19.2 Å². The second-order valence-corrected chi connectivity index (χ2v) is 7.74. The van der Waals surface area contributed by atoms with E-state index >= 15 is 0 Å². The normalized spacial score (nSPS) is 10.0. The third-order valence-electron chi connectivity index (χ3n) is 4.97. The minimum absolute atomic E-state index is 0.0153. The molecule has 8 heteroatoms. The van der Waals surface area contributed by atoms with Gasteiger partial charge >= 0.3 is 23.9 Å². The van der Waals surface area contributed by atoms with Gasteiger partial charge in [0.2, 0.25) is 0 Å². The van der Waals surface area contributed by atoms with Crippen LogP contribution in [-0.2, 0) is 9.47 Å². The van der Waals surface area contributed by atoms with Crippen LogP contribution in [0, 0.1) is 0 Å². The number of carbonyl (C=O) groups is 4. The Kier molecular flexibility index (Phi) is 14.1. The van der Waals surface area contributed by atoms with E-state index in [4.69, 9.17) is 19.7 Å². The van der Waals surface area contributed by atoms with Crippen LogP contribution >= 0.6 is 0 Å². The van der Waals surface area contributed by atoms with Gasteiger partial charge in [0.25, 0.3) is 0 Å². The number of unbranched alkanes of at least 4 members (excludes halogenated alkanes) is 5. The lowest BCUT2D eigenvalue weighted by Gasteiger charge is -2.07. The zero-order valence-electron chi connectivity index (χ0n) is 20.3. The average molecular weight is 487 g/mol. The molecule has 0 heterocycles. The van der Waals surface area contributed by atoms with Gasteiger partial charge in [-0.3, -0.25) is 0 Å². The van der Waals surface area contributed by atoms with E-state index in [0.29, 0.717) is 13.2 Å². The minimum Gasteiger partial charge on any atom is -0.478 e. The third-order valence-corrected chi connectivity index (χ3v) is 4.97. The second-order valence-electron chi connectivity index (χ2n) is 7.74. The molecule has 0 spiro atoms. The lowest BCUT2D eigenvalue weighted by molar-refractivity contribution is 0.0483. The van der Waals surface area contributed by atoms with E-state index in [1.165, 1.54) is 37.1 Å². The number of ether oxygens (including phenoxy) is 2. The largest absolute Gasteiger partial charge is 0.478 e. The highest BCUT2D eigenvalue weighted by Gasteiger charge is 2.17. The summed E-state index contributed by atoms with van der Waals surface area (Å²) < 4.78 is 10.1. The molecule has 2 rings (SSSR count). The standard InChI is InChI=1S/C15H20O4.C12H14O4/c1-2-3-4-5-8-11-19-15(18)13-10-7-6-9-12(13)14(16)17;1-2-3-8-16-12(15)10-7-5-4-6-9(10)11(13)14/h6-7,9-10H,2-5,8,11H2,1H3,(H,16,17);4-7H,2-3,8H2,1H3,(H,13,14). The molecule has 0 atom stereocenters. The zero-order valence-corrected chi connectivity index (χ0v) is 20.3. The molecular weight excluding hydrogens is 452 g/mol.